The molecule has 0 N–H and O–H groups in total. The van der Waals surface area contributed by atoms with E-state index < -0.39 is 5.54 Å². The summed E-state index contributed by atoms with van der Waals surface area (Å²) in [6, 6.07) is 9.54. The van der Waals surface area contributed by atoms with E-state index in [-0.39, 0.29) is 11.9 Å². The average molecular weight is 231 g/mol. The molecule has 1 saturated carbocycles. The van der Waals surface area contributed by atoms with Crippen molar-refractivity contribution in [2.24, 2.45) is 11.0 Å². The Balaban J connectivity index is 2.22. The van der Waals surface area contributed by atoms with Gasteiger partial charge in [0.15, 0.2) is 0 Å². The molecule has 1 fully saturated rings. The van der Waals surface area contributed by atoms with E-state index in [9.17, 15) is 4.79 Å². The normalized spacial score (nSPS) is 26.5. The van der Waals surface area contributed by atoms with Crippen molar-refractivity contribution in [3.63, 3.8) is 0 Å². The summed E-state index contributed by atoms with van der Waals surface area (Å²) in [7, 11) is 1.37. The largest absolute Gasteiger partial charge is 0.469 e. The van der Waals surface area contributed by atoms with Crippen LogP contribution in [0.3, 0.4) is 0 Å². The van der Waals surface area contributed by atoms with Crippen molar-refractivity contribution in [2.45, 2.75) is 18.4 Å². The number of azide groups is 1. The minimum Gasteiger partial charge on any atom is -0.469 e. The van der Waals surface area contributed by atoms with Gasteiger partial charge in [0.25, 0.3) is 0 Å². The predicted molar refractivity (Wildman–Crippen MR) is 62.0 cm³/mol. The first kappa shape index (κ1) is 11.5. The zero-order valence-electron chi connectivity index (χ0n) is 9.54. The van der Waals surface area contributed by atoms with E-state index >= 15 is 0 Å². The Labute approximate surface area is 99.0 Å². The number of nitrogens with zero attached hydrogens (tertiary/aromatic N) is 3. The van der Waals surface area contributed by atoms with Crippen molar-refractivity contribution >= 4 is 5.97 Å². The Bertz CT molecular complexity index is 460. The van der Waals surface area contributed by atoms with Gasteiger partial charge in [0.05, 0.1) is 18.6 Å². The molecule has 2 rings (SSSR count). The third kappa shape index (κ3) is 1.97. The summed E-state index contributed by atoms with van der Waals surface area (Å²) in [4.78, 5) is 14.3. The van der Waals surface area contributed by atoms with Crippen LogP contribution in [0.1, 0.15) is 18.4 Å². The first-order valence-corrected chi connectivity index (χ1v) is 5.41. The van der Waals surface area contributed by atoms with Crippen LogP contribution in [0.25, 0.3) is 10.4 Å². The topological polar surface area (TPSA) is 75.1 Å². The fourth-order valence-electron chi connectivity index (χ4n) is 2.30. The van der Waals surface area contributed by atoms with Gasteiger partial charge < -0.3 is 4.74 Å². The van der Waals surface area contributed by atoms with Gasteiger partial charge in [-0.25, -0.2) is 0 Å². The van der Waals surface area contributed by atoms with Gasteiger partial charge in [-0.1, -0.05) is 35.4 Å². The molecule has 0 aliphatic heterocycles. The van der Waals surface area contributed by atoms with Crippen molar-refractivity contribution in [3.05, 3.63) is 46.3 Å². The zero-order chi connectivity index (χ0) is 12.3. The summed E-state index contributed by atoms with van der Waals surface area (Å²) in [6.07, 6.45) is 1.04. The Hall–Kier alpha value is -2.00. The first-order chi connectivity index (χ1) is 8.22. The Kier molecular flexibility index (Phi) is 3.02. The van der Waals surface area contributed by atoms with Crippen LogP contribution in [0.15, 0.2) is 35.4 Å². The Morgan fingerprint density at radius 1 is 1.47 bits per heavy atom. The summed E-state index contributed by atoms with van der Waals surface area (Å²) >= 11 is 0. The summed E-state index contributed by atoms with van der Waals surface area (Å²) in [6.45, 7) is 0. The monoisotopic (exact) mass is 231 g/mol. The van der Waals surface area contributed by atoms with Gasteiger partial charge >= 0.3 is 5.97 Å². The molecule has 5 nitrogen and oxygen atoms in total. The van der Waals surface area contributed by atoms with Crippen LogP contribution in [-0.4, -0.2) is 13.1 Å². The van der Waals surface area contributed by atoms with Gasteiger partial charge in [0.1, 0.15) is 0 Å². The fraction of sp³-hybridized carbons (Fsp3) is 0.417. The van der Waals surface area contributed by atoms with Gasteiger partial charge in [-0.15, -0.1) is 0 Å². The van der Waals surface area contributed by atoms with Crippen LogP contribution in [0.4, 0.5) is 0 Å². The SMILES string of the molecule is COC(=O)C1CC(N=[N+]=[N-])(c2ccccc2)C1. The Morgan fingerprint density at radius 3 is 2.65 bits per heavy atom. The van der Waals surface area contributed by atoms with Crippen LogP contribution in [-0.2, 0) is 15.1 Å². The molecular formula is C12H13N3O2. The molecule has 0 heterocycles. The molecule has 1 aromatic carbocycles. The number of benzene rings is 1. The van der Waals surface area contributed by atoms with Gasteiger partial charge in [0, 0.05) is 4.91 Å². The number of rotatable bonds is 3. The molecule has 0 spiro atoms. The standard InChI is InChI=1S/C12H13N3O2/c1-17-11(16)9-7-12(8-9,14-15-13)10-5-3-2-4-6-10/h2-6,9H,7-8H2,1H3. The number of ether oxygens (including phenoxy) is 1. The van der Waals surface area contributed by atoms with Crippen LogP contribution < -0.4 is 0 Å². The maximum Gasteiger partial charge on any atom is 0.308 e. The lowest BCUT2D eigenvalue weighted by Gasteiger charge is -2.43. The van der Waals surface area contributed by atoms with E-state index in [2.05, 4.69) is 14.8 Å². The Morgan fingerprint density at radius 2 is 2.12 bits per heavy atom. The first-order valence-electron chi connectivity index (χ1n) is 5.41. The molecule has 17 heavy (non-hydrogen) atoms. The quantitative estimate of drug-likeness (QED) is 0.347. The molecule has 1 aliphatic carbocycles. The second-order valence-corrected chi connectivity index (χ2v) is 4.22. The lowest BCUT2D eigenvalue weighted by molar-refractivity contribution is -0.151. The van der Waals surface area contributed by atoms with Crippen LogP contribution in [0.2, 0.25) is 0 Å². The van der Waals surface area contributed by atoms with Crippen molar-refractivity contribution in [1.82, 2.24) is 0 Å². The van der Waals surface area contributed by atoms with Crippen LogP contribution >= 0.6 is 0 Å². The van der Waals surface area contributed by atoms with Gasteiger partial charge in [-0.05, 0) is 23.9 Å². The molecule has 0 saturated heterocycles. The zero-order valence-corrected chi connectivity index (χ0v) is 9.54. The van der Waals surface area contributed by atoms with Crippen molar-refractivity contribution in [2.75, 3.05) is 7.11 Å². The molecule has 0 amide bonds. The maximum absolute atomic E-state index is 11.4. The second-order valence-electron chi connectivity index (χ2n) is 4.22. The lowest BCUT2D eigenvalue weighted by atomic mass is 9.65. The van der Waals surface area contributed by atoms with Crippen LogP contribution in [0.5, 0.6) is 0 Å². The number of carbonyl (C=O) groups is 1. The summed E-state index contributed by atoms with van der Waals surface area (Å²) in [5, 5.41) is 3.87. The van der Waals surface area contributed by atoms with E-state index in [4.69, 9.17) is 5.53 Å². The van der Waals surface area contributed by atoms with Crippen molar-refractivity contribution in [3.8, 4) is 0 Å². The highest BCUT2D eigenvalue weighted by Gasteiger charge is 2.48. The summed E-state index contributed by atoms with van der Waals surface area (Å²) in [5.41, 5.74) is 9.03. The molecule has 0 atom stereocenters. The molecule has 1 aliphatic rings. The molecule has 88 valence electrons. The highest BCUT2D eigenvalue weighted by Crippen LogP contribution is 2.49. The van der Waals surface area contributed by atoms with E-state index in [0.717, 1.165) is 5.56 Å². The predicted octanol–water partition coefficient (Wildman–Crippen LogP) is 2.78. The lowest BCUT2D eigenvalue weighted by Crippen LogP contribution is -2.43. The molecule has 1 aromatic rings. The smallest absolute Gasteiger partial charge is 0.308 e. The number of hydrogen-bond donors (Lipinski definition) is 0. The molecule has 0 aromatic heterocycles. The number of hydrogen-bond acceptors (Lipinski definition) is 3. The fourth-order valence-corrected chi connectivity index (χ4v) is 2.30. The minimum absolute atomic E-state index is 0.161. The molecule has 0 unspecified atom stereocenters. The van der Waals surface area contributed by atoms with Gasteiger partial charge in [-0.2, -0.15) is 0 Å². The van der Waals surface area contributed by atoms with E-state index in [1.54, 1.807) is 0 Å². The molecule has 5 heteroatoms. The molecule has 0 radical (unpaired) electrons. The average Bonchev–Trinajstić information content (AvgIpc) is 2.33. The maximum atomic E-state index is 11.4. The molecule has 0 bridgehead atoms. The van der Waals surface area contributed by atoms with E-state index in [1.165, 1.54) is 7.11 Å². The number of methoxy groups -OCH3 is 1. The number of carbonyl (C=O) groups excluding carboxylic acids is 1. The van der Waals surface area contributed by atoms with Crippen molar-refractivity contribution < 1.29 is 9.53 Å². The van der Waals surface area contributed by atoms with E-state index in [1.807, 2.05) is 30.3 Å². The second kappa shape index (κ2) is 4.47. The summed E-state index contributed by atoms with van der Waals surface area (Å²) in [5.74, 6) is -0.393. The third-order valence-corrected chi connectivity index (χ3v) is 3.25. The van der Waals surface area contributed by atoms with Crippen molar-refractivity contribution in [1.29, 1.82) is 0 Å². The molecular weight excluding hydrogens is 218 g/mol. The highest BCUT2D eigenvalue weighted by molar-refractivity contribution is 5.74. The minimum atomic E-state index is -0.575. The summed E-state index contributed by atoms with van der Waals surface area (Å²) < 4.78 is 4.69. The van der Waals surface area contributed by atoms with E-state index in [0.29, 0.717) is 12.8 Å². The van der Waals surface area contributed by atoms with Crippen LogP contribution in [0, 0.1) is 5.92 Å². The van der Waals surface area contributed by atoms with Gasteiger partial charge in [-0.3, -0.25) is 4.79 Å². The van der Waals surface area contributed by atoms with Gasteiger partial charge in [0.2, 0.25) is 0 Å². The third-order valence-electron chi connectivity index (χ3n) is 3.25. The number of esters is 1. The highest BCUT2D eigenvalue weighted by atomic mass is 16.5.